The topological polar surface area (TPSA) is 61.2 Å². The maximum Gasteiger partial charge on any atom is 0.241 e. The summed E-state index contributed by atoms with van der Waals surface area (Å²) >= 11 is 0. The van der Waals surface area contributed by atoms with Gasteiger partial charge in [0, 0.05) is 17.5 Å². The lowest BCUT2D eigenvalue weighted by Crippen LogP contribution is -2.05. The van der Waals surface area contributed by atoms with Crippen molar-refractivity contribution in [3.8, 4) is 0 Å². The zero-order valence-electron chi connectivity index (χ0n) is 10.5. The number of carbonyl (C=O) groups excluding carboxylic acids is 1. The van der Waals surface area contributed by atoms with Gasteiger partial charge in [0.1, 0.15) is 5.76 Å². The van der Waals surface area contributed by atoms with Crippen LogP contribution in [0.5, 0.6) is 0 Å². The van der Waals surface area contributed by atoms with E-state index in [1.54, 1.807) is 12.3 Å². The molecule has 0 spiro atoms. The Morgan fingerprint density at radius 2 is 2.28 bits per heavy atom. The van der Waals surface area contributed by atoms with Crippen LogP contribution in [0, 0.1) is 13.8 Å². The van der Waals surface area contributed by atoms with E-state index in [9.17, 15) is 4.79 Å². The Kier molecular flexibility index (Phi) is 3.37. The smallest absolute Gasteiger partial charge is 0.241 e. The predicted octanol–water partition coefficient (Wildman–Crippen LogP) is 2.24. The fourth-order valence-electron chi connectivity index (χ4n) is 1.97. The summed E-state index contributed by atoms with van der Waals surface area (Å²) in [4.78, 5) is 10.7. The van der Waals surface area contributed by atoms with E-state index in [1.807, 2.05) is 32.0 Å². The number of carbonyl (C=O) groups is 1. The Balaban J connectivity index is 2.29. The third kappa shape index (κ3) is 2.53. The minimum absolute atomic E-state index is 0.439. The zero-order valence-corrected chi connectivity index (χ0v) is 10.5. The van der Waals surface area contributed by atoms with Gasteiger partial charge in [0.05, 0.1) is 12.8 Å². The maximum atomic E-state index is 10.7. The van der Waals surface area contributed by atoms with Gasteiger partial charge in [0.25, 0.3) is 0 Å². The number of nitrogens with two attached hydrogens (primary N) is 1. The molecule has 4 heteroatoms. The molecule has 0 aliphatic rings. The number of nitrogens with zero attached hydrogens (tertiary/aromatic N) is 1. The molecular formula is C14H16N2O2. The van der Waals surface area contributed by atoms with Crippen molar-refractivity contribution in [3.63, 3.8) is 0 Å². The van der Waals surface area contributed by atoms with Crippen LogP contribution in [0.25, 0.3) is 6.08 Å². The third-order valence-corrected chi connectivity index (χ3v) is 2.93. The quantitative estimate of drug-likeness (QED) is 0.838. The number of aromatic nitrogens is 1. The highest BCUT2D eigenvalue weighted by Gasteiger charge is 2.08. The summed E-state index contributed by atoms with van der Waals surface area (Å²) in [5.74, 6) is 0.466. The van der Waals surface area contributed by atoms with E-state index < -0.39 is 5.91 Å². The van der Waals surface area contributed by atoms with Crippen molar-refractivity contribution in [2.45, 2.75) is 20.4 Å². The van der Waals surface area contributed by atoms with Gasteiger partial charge in [-0.2, -0.15) is 0 Å². The first kappa shape index (κ1) is 12.2. The Labute approximate surface area is 106 Å². The van der Waals surface area contributed by atoms with Crippen LogP contribution >= 0.6 is 0 Å². The van der Waals surface area contributed by atoms with Crippen LogP contribution in [0.4, 0.5) is 0 Å². The standard InChI is InChI=1S/C14H16N2O2/c1-10-8-12(5-6-14(15)17)11(2)16(10)9-13-4-3-7-18-13/h3-8H,9H2,1-2H3,(H2,15,17)/b6-5-. The molecule has 0 aromatic carbocycles. The van der Waals surface area contributed by atoms with Gasteiger partial charge in [-0.3, -0.25) is 4.79 Å². The molecule has 2 aromatic rings. The minimum Gasteiger partial charge on any atom is -0.467 e. The summed E-state index contributed by atoms with van der Waals surface area (Å²) in [7, 11) is 0. The molecule has 2 rings (SSSR count). The molecule has 2 aromatic heterocycles. The molecule has 0 fully saturated rings. The second-order valence-corrected chi connectivity index (χ2v) is 4.23. The molecule has 1 amide bonds. The molecule has 0 bridgehead atoms. The van der Waals surface area contributed by atoms with Crippen molar-refractivity contribution < 1.29 is 9.21 Å². The Morgan fingerprint density at radius 3 is 2.89 bits per heavy atom. The third-order valence-electron chi connectivity index (χ3n) is 2.93. The van der Waals surface area contributed by atoms with Gasteiger partial charge in [-0.05, 0) is 43.7 Å². The molecule has 0 aliphatic heterocycles. The first-order chi connectivity index (χ1) is 8.58. The summed E-state index contributed by atoms with van der Waals surface area (Å²) < 4.78 is 7.48. The number of rotatable bonds is 4. The summed E-state index contributed by atoms with van der Waals surface area (Å²) in [5.41, 5.74) is 8.30. The first-order valence-electron chi connectivity index (χ1n) is 5.74. The maximum absolute atomic E-state index is 10.7. The van der Waals surface area contributed by atoms with Crippen molar-refractivity contribution in [1.82, 2.24) is 4.57 Å². The van der Waals surface area contributed by atoms with Gasteiger partial charge in [-0.25, -0.2) is 0 Å². The number of hydrogen-bond donors (Lipinski definition) is 1. The fraction of sp³-hybridized carbons (Fsp3) is 0.214. The van der Waals surface area contributed by atoms with Gasteiger partial charge in [0.15, 0.2) is 0 Å². The van der Waals surface area contributed by atoms with Gasteiger partial charge in [-0.1, -0.05) is 0 Å². The van der Waals surface area contributed by atoms with Crippen LogP contribution in [0.1, 0.15) is 22.7 Å². The molecular weight excluding hydrogens is 228 g/mol. The molecule has 4 nitrogen and oxygen atoms in total. The predicted molar refractivity (Wildman–Crippen MR) is 69.9 cm³/mol. The number of amides is 1. The second kappa shape index (κ2) is 4.96. The van der Waals surface area contributed by atoms with Crippen molar-refractivity contribution >= 4 is 12.0 Å². The SMILES string of the molecule is Cc1cc(/C=C\C(N)=O)c(C)n1Cc1ccco1. The molecule has 0 saturated carbocycles. The average molecular weight is 244 g/mol. The van der Waals surface area contributed by atoms with Crippen molar-refractivity contribution in [3.05, 3.63) is 53.2 Å². The van der Waals surface area contributed by atoms with Crippen LogP contribution in [-0.4, -0.2) is 10.5 Å². The lowest BCUT2D eigenvalue weighted by atomic mass is 10.2. The van der Waals surface area contributed by atoms with Crippen LogP contribution < -0.4 is 5.73 Å². The van der Waals surface area contributed by atoms with Crippen molar-refractivity contribution in [1.29, 1.82) is 0 Å². The Bertz CT molecular complexity index is 577. The van der Waals surface area contributed by atoms with Gasteiger partial charge >= 0.3 is 0 Å². The van der Waals surface area contributed by atoms with Gasteiger partial charge < -0.3 is 14.7 Å². The lowest BCUT2D eigenvalue weighted by Gasteiger charge is -2.07. The van der Waals surface area contributed by atoms with E-state index in [4.69, 9.17) is 10.2 Å². The van der Waals surface area contributed by atoms with Crippen LogP contribution in [0.3, 0.4) is 0 Å². The first-order valence-corrected chi connectivity index (χ1v) is 5.74. The largest absolute Gasteiger partial charge is 0.467 e. The summed E-state index contributed by atoms with van der Waals surface area (Å²) in [5, 5.41) is 0. The normalized spacial score (nSPS) is 11.2. The molecule has 2 heterocycles. The molecule has 0 unspecified atom stereocenters. The summed E-state index contributed by atoms with van der Waals surface area (Å²) in [6.45, 7) is 4.73. The molecule has 0 atom stereocenters. The monoisotopic (exact) mass is 244 g/mol. The lowest BCUT2D eigenvalue weighted by molar-refractivity contribution is -0.113. The van der Waals surface area contributed by atoms with Gasteiger partial charge in [-0.15, -0.1) is 0 Å². The summed E-state index contributed by atoms with van der Waals surface area (Å²) in [6.07, 6.45) is 4.78. The molecule has 18 heavy (non-hydrogen) atoms. The summed E-state index contributed by atoms with van der Waals surface area (Å²) in [6, 6.07) is 5.84. The molecule has 2 N–H and O–H groups in total. The van der Waals surface area contributed by atoms with Gasteiger partial charge in [0.2, 0.25) is 5.91 Å². The Hall–Kier alpha value is -2.23. The second-order valence-electron chi connectivity index (χ2n) is 4.23. The van der Waals surface area contributed by atoms with Crippen LogP contribution in [0.15, 0.2) is 35.0 Å². The highest BCUT2D eigenvalue weighted by Crippen LogP contribution is 2.18. The Morgan fingerprint density at radius 1 is 1.50 bits per heavy atom. The van der Waals surface area contributed by atoms with E-state index in [1.165, 1.54) is 6.08 Å². The molecule has 94 valence electrons. The minimum atomic E-state index is -0.439. The zero-order chi connectivity index (χ0) is 13.1. The highest BCUT2D eigenvalue weighted by molar-refractivity contribution is 5.90. The van der Waals surface area contributed by atoms with E-state index >= 15 is 0 Å². The molecule has 0 radical (unpaired) electrons. The van der Waals surface area contributed by atoms with Crippen molar-refractivity contribution in [2.75, 3.05) is 0 Å². The number of furan rings is 1. The van der Waals surface area contributed by atoms with Crippen LogP contribution in [0.2, 0.25) is 0 Å². The fourth-order valence-corrected chi connectivity index (χ4v) is 1.97. The molecule has 0 aliphatic carbocycles. The van der Waals surface area contributed by atoms with E-state index in [0.717, 1.165) is 22.7 Å². The van der Waals surface area contributed by atoms with Crippen LogP contribution in [-0.2, 0) is 11.3 Å². The molecule has 0 saturated heterocycles. The number of aryl methyl sites for hydroxylation is 1. The van der Waals surface area contributed by atoms with Crippen molar-refractivity contribution in [2.24, 2.45) is 5.73 Å². The van der Waals surface area contributed by atoms with E-state index in [2.05, 4.69) is 4.57 Å². The average Bonchev–Trinajstić information content (AvgIpc) is 2.90. The number of primary amides is 1. The highest BCUT2D eigenvalue weighted by atomic mass is 16.3. The van der Waals surface area contributed by atoms with E-state index in [0.29, 0.717) is 6.54 Å². The number of hydrogen-bond acceptors (Lipinski definition) is 2. The van der Waals surface area contributed by atoms with E-state index in [-0.39, 0.29) is 0 Å².